The summed E-state index contributed by atoms with van der Waals surface area (Å²) in [5, 5.41) is 0. The summed E-state index contributed by atoms with van der Waals surface area (Å²) in [6.07, 6.45) is 1.33. The van der Waals surface area contributed by atoms with Gasteiger partial charge in [-0.1, -0.05) is 0 Å². The molecule has 0 radical (unpaired) electrons. The van der Waals surface area contributed by atoms with Gasteiger partial charge in [-0.15, -0.1) is 0 Å². The highest BCUT2D eigenvalue weighted by molar-refractivity contribution is 8.32. The lowest BCUT2D eigenvalue weighted by Gasteiger charge is -1.78. The first-order chi connectivity index (χ1) is 1.73. The zero-order valence-corrected chi connectivity index (χ0v) is 3.85. The van der Waals surface area contributed by atoms with E-state index in [1.807, 2.05) is 0 Å². The molecule has 0 nitrogen and oxygen atoms in total. The molecule has 0 bridgehead atoms. The van der Waals surface area contributed by atoms with Crippen molar-refractivity contribution in [1.29, 1.82) is 0 Å². The van der Waals surface area contributed by atoms with Crippen LogP contribution in [-0.2, 0) is 0 Å². The van der Waals surface area contributed by atoms with Crippen molar-refractivity contribution in [1.82, 2.24) is 0 Å². The average molecular weight is 103 g/mol. The van der Waals surface area contributed by atoms with Gasteiger partial charge < -0.3 is 0 Å². The predicted molar refractivity (Wildman–Crippen MR) is 21.9 cm³/mol. The molecule has 0 spiro atoms. The molecule has 1 unspecified atom stereocenters. The molecular weight excluding hydrogens is 98.5 g/mol. The number of halogens is 2. The maximum absolute atomic E-state index is 10.8. The fourth-order valence-electron chi connectivity index (χ4n) is 0. The van der Waals surface area contributed by atoms with Crippen molar-refractivity contribution in [2.75, 3.05) is 6.26 Å². The molecule has 0 rings (SSSR count). The van der Waals surface area contributed by atoms with Crippen LogP contribution < -0.4 is 0 Å². The van der Waals surface area contributed by atoms with Gasteiger partial charge >= 0.3 is 0 Å². The zero-order valence-electron chi connectivity index (χ0n) is 2.20. The van der Waals surface area contributed by atoms with E-state index in [2.05, 4.69) is 10.7 Å². The Labute approximate surface area is 32.1 Å². The Kier molecular flexibility index (Phi) is 2.11. The second-order valence-corrected chi connectivity index (χ2v) is 2.60. The smallest absolute Gasteiger partial charge is 0.00278 e. The summed E-state index contributed by atoms with van der Waals surface area (Å²) in [6, 6.07) is 0. The van der Waals surface area contributed by atoms with Crippen LogP contribution >= 0.6 is 21.2 Å². The van der Waals surface area contributed by atoms with E-state index in [1.54, 1.807) is 0 Å². The monoisotopic (exact) mass is 102 g/mol. The molecule has 0 aliphatic carbocycles. The van der Waals surface area contributed by atoms with Gasteiger partial charge in [0.05, 0.1) is 0 Å². The Bertz CT molecular complexity index is 12.8. The molecule has 0 heterocycles. The van der Waals surface area contributed by atoms with E-state index >= 15 is 0 Å². The second-order valence-electron chi connectivity index (χ2n) is 0.402. The van der Waals surface area contributed by atoms with E-state index < -0.39 is 10.5 Å². The maximum atomic E-state index is 10.8. The van der Waals surface area contributed by atoms with Crippen molar-refractivity contribution in [2.45, 2.75) is 0 Å². The third-order valence-corrected chi connectivity index (χ3v) is 0. The SMILES string of the molecule is C[SH](F)Cl. The molecule has 0 saturated carbocycles. The molecule has 3 heteroatoms. The highest BCUT2D eigenvalue weighted by Crippen LogP contribution is 2.25. The van der Waals surface area contributed by atoms with E-state index in [-0.39, 0.29) is 0 Å². The second kappa shape index (κ2) is 1.85. The predicted octanol–water partition coefficient (Wildman–Crippen LogP) is 1.66. The summed E-state index contributed by atoms with van der Waals surface area (Å²) in [5.74, 6) is 0. The molecule has 0 aromatic heterocycles. The van der Waals surface area contributed by atoms with Crippen molar-refractivity contribution in [3.8, 4) is 0 Å². The molecule has 0 aromatic rings. The van der Waals surface area contributed by atoms with Crippen LogP contribution in [0.25, 0.3) is 0 Å². The Morgan fingerprint density at radius 1 is 2.00 bits per heavy atom. The van der Waals surface area contributed by atoms with Gasteiger partial charge in [-0.05, 0) is 21.2 Å². The fraction of sp³-hybridized carbons (Fsp3) is 1.00. The van der Waals surface area contributed by atoms with Crippen LogP contribution in [0.1, 0.15) is 0 Å². The molecule has 0 amide bonds. The van der Waals surface area contributed by atoms with Gasteiger partial charge in [-0.2, -0.15) is 3.89 Å². The van der Waals surface area contributed by atoms with Crippen LogP contribution in [-0.4, -0.2) is 6.26 Å². The minimum atomic E-state index is -1.65. The lowest BCUT2D eigenvalue weighted by Crippen LogP contribution is -1.32. The summed E-state index contributed by atoms with van der Waals surface area (Å²) >= 11 is 0. The molecule has 0 fully saturated rings. The minimum absolute atomic E-state index is 1.33. The van der Waals surface area contributed by atoms with Gasteiger partial charge in [0.1, 0.15) is 0 Å². The van der Waals surface area contributed by atoms with Crippen LogP contribution in [0.5, 0.6) is 0 Å². The topological polar surface area (TPSA) is 0 Å². The first kappa shape index (κ1) is 4.57. The highest BCUT2D eigenvalue weighted by atomic mass is 35.7. The van der Waals surface area contributed by atoms with Crippen LogP contribution in [0.15, 0.2) is 0 Å². The first-order valence-corrected chi connectivity index (χ1v) is 3.37. The standard InChI is InChI=1S/CH4ClFS/c1-4(2)3/h4H,1H3. The van der Waals surface area contributed by atoms with Crippen molar-refractivity contribution in [2.24, 2.45) is 0 Å². The summed E-state index contributed by atoms with van der Waals surface area (Å²) in [5.41, 5.74) is 0. The Morgan fingerprint density at radius 2 is 2.00 bits per heavy atom. The van der Waals surface area contributed by atoms with Gasteiger partial charge in [0, 0.05) is 6.26 Å². The molecule has 1 atom stereocenters. The van der Waals surface area contributed by atoms with Crippen LogP contribution in [0, 0.1) is 0 Å². The van der Waals surface area contributed by atoms with Gasteiger partial charge in [-0.25, -0.2) is 0 Å². The van der Waals surface area contributed by atoms with Crippen molar-refractivity contribution >= 4 is 21.2 Å². The highest BCUT2D eigenvalue weighted by Gasteiger charge is 1.69. The zero-order chi connectivity index (χ0) is 3.58. The summed E-state index contributed by atoms with van der Waals surface area (Å²) in [6.45, 7) is 0. The molecule has 0 aliphatic rings. The third-order valence-electron chi connectivity index (χ3n) is 0. The molecule has 0 aromatic carbocycles. The van der Waals surface area contributed by atoms with E-state index in [4.69, 9.17) is 0 Å². The van der Waals surface area contributed by atoms with Gasteiger partial charge in [-0.3, -0.25) is 0 Å². The Hall–Kier alpha value is 0.570. The fourth-order valence-corrected chi connectivity index (χ4v) is 0. The molecule has 0 aliphatic heterocycles. The average Bonchev–Trinajstić information content (AvgIpc) is 0.811. The van der Waals surface area contributed by atoms with Crippen molar-refractivity contribution in [3.63, 3.8) is 0 Å². The lowest BCUT2D eigenvalue weighted by atomic mass is 12.0. The Balaban J connectivity index is 2.32. The minimum Gasteiger partial charge on any atom is -0.177 e. The Morgan fingerprint density at radius 3 is 2.00 bits per heavy atom. The number of thiol groups is 1. The van der Waals surface area contributed by atoms with Gasteiger partial charge in [0.15, 0.2) is 0 Å². The summed E-state index contributed by atoms with van der Waals surface area (Å²) in [4.78, 5) is 0. The van der Waals surface area contributed by atoms with Gasteiger partial charge in [0.2, 0.25) is 0 Å². The van der Waals surface area contributed by atoms with Crippen LogP contribution in [0.4, 0.5) is 3.89 Å². The number of rotatable bonds is 0. The quantitative estimate of drug-likeness (QED) is 0.442. The summed E-state index contributed by atoms with van der Waals surface area (Å²) < 4.78 is 10.8. The number of hydrogen-bond acceptors (Lipinski definition) is 0. The normalized spacial score (nSPS) is 20.2. The van der Waals surface area contributed by atoms with Crippen LogP contribution in [0.3, 0.4) is 0 Å². The van der Waals surface area contributed by atoms with Crippen LogP contribution in [0.2, 0.25) is 0 Å². The molecule has 0 N–H and O–H groups in total. The number of hydrogen-bond donors (Lipinski definition) is 1. The summed E-state index contributed by atoms with van der Waals surface area (Å²) in [7, 11) is 3.02. The molecule has 0 saturated heterocycles. The largest absolute Gasteiger partial charge is 0.177 e. The van der Waals surface area contributed by atoms with E-state index in [1.165, 1.54) is 6.26 Å². The maximum Gasteiger partial charge on any atom is 0.00278 e. The van der Waals surface area contributed by atoms with E-state index in [0.29, 0.717) is 0 Å². The molecular formula is CH4ClFS. The van der Waals surface area contributed by atoms with Gasteiger partial charge in [0.25, 0.3) is 0 Å². The van der Waals surface area contributed by atoms with Crippen molar-refractivity contribution < 1.29 is 3.89 Å². The lowest BCUT2D eigenvalue weighted by molar-refractivity contribution is 0.939. The third kappa shape index (κ3) is 19.5. The van der Waals surface area contributed by atoms with E-state index in [9.17, 15) is 3.89 Å². The molecule has 4 heavy (non-hydrogen) atoms. The molecule has 28 valence electrons. The van der Waals surface area contributed by atoms with E-state index in [0.717, 1.165) is 0 Å². The van der Waals surface area contributed by atoms with Crippen molar-refractivity contribution in [3.05, 3.63) is 0 Å². The first-order valence-electron chi connectivity index (χ1n) is 0.785.